The van der Waals surface area contributed by atoms with Crippen LogP contribution in [-0.4, -0.2) is 13.4 Å². The van der Waals surface area contributed by atoms with Gasteiger partial charge >= 0.3 is 0 Å². The van der Waals surface area contributed by atoms with E-state index >= 15 is 0 Å². The maximum Gasteiger partial charge on any atom is 0.159 e. The molecule has 0 radical (unpaired) electrons. The van der Waals surface area contributed by atoms with Crippen LogP contribution in [0.3, 0.4) is 0 Å². The molecule has 2 rings (SSSR count). The summed E-state index contributed by atoms with van der Waals surface area (Å²) in [6.45, 7) is 8.06. The molecule has 0 bridgehead atoms. The Labute approximate surface area is 124 Å². The van der Waals surface area contributed by atoms with E-state index in [1.165, 1.54) is 11.1 Å². The van der Waals surface area contributed by atoms with Crippen LogP contribution in [0.5, 0.6) is 5.75 Å². The van der Waals surface area contributed by atoms with Gasteiger partial charge in [0.1, 0.15) is 5.75 Å². The van der Waals surface area contributed by atoms with Crippen molar-refractivity contribution in [2.45, 2.75) is 13.8 Å². The quantitative estimate of drug-likeness (QED) is 0.637. The predicted molar refractivity (Wildman–Crippen MR) is 85.7 cm³/mol. The van der Waals surface area contributed by atoms with Gasteiger partial charge in [-0.15, -0.1) is 0 Å². The second-order valence-electron chi connectivity index (χ2n) is 4.53. The van der Waals surface area contributed by atoms with Crippen LogP contribution in [0.15, 0.2) is 41.4 Å². The fraction of sp³-hybridized carbons (Fsp3) is 0.188. The summed E-state index contributed by atoms with van der Waals surface area (Å²) in [5.41, 5.74) is 4.13. The van der Waals surface area contributed by atoms with Gasteiger partial charge in [-0.25, -0.2) is 0 Å². The minimum absolute atomic E-state index is 0.354. The summed E-state index contributed by atoms with van der Waals surface area (Å²) in [5, 5.41) is 3.90. The molecule has 0 aromatic heterocycles. The number of aliphatic imine (C=N–C) groups is 1. The highest BCUT2D eigenvalue weighted by Crippen LogP contribution is 2.28. The predicted octanol–water partition coefficient (Wildman–Crippen LogP) is 4.74. The number of nitrogens with zero attached hydrogens (tertiary/aromatic N) is 1. The molecule has 1 N–H and O–H groups in total. The van der Waals surface area contributed by atoms with Crippen molar-refractivity contribution in [2.24, 2.45) is 4.99 Å². The van der Waals surface area contributed by atoms with Crippen LogP contribution in [0, 0.1) is 13.8 Å². The molecule has 0 atom stereocenters. The van der Waals surface area contributed by atoms with Crippen molar-refractivity contribution in [3.63, 3.8) is 0 Å². The Bertz CT molecular complexity index is 609. The van der Waals surface area contributed by atoms with Crippen molar-refractivity contribution >= 4 is 29.7 Å². The van der Waals surface area contributed by atoms with Crippen molar-refractivity contribution in [1.29, 1.82) is 0 Å². The Kier molecular flexibility index (Phi) is 4.64. The number of halogens is 1. The van der Waals surface area contributed by atoms with E-state index in [1.807, 2.05) is 24.3 Å². The molecule has 104 valence electrons. The molecule has 20 heavy (non-hydrogen) atoms. The molecule has 0 aliphatic rings. The van der Waals surface area contributed by atoms with Gasteiger partial charge in [-0.3, -0.25) is 4.99 Å². The van der Waals surface area contributed by atoms with Crippen LogP contribution < -0.4 is 10.1 Å². The van der Waals surface area contributed by atoms with Gasteiger partial charge in [0.25, 0.3) is 0 Å². The lowest BCUT2D eigenvalue weighted by molar-refractivity contribution is 0.347. The van der Waals surface area contributed by atoms with Gasteiger partial charge in [0.05, 0.1) is 11.4 Å². The van der Waals surface area contributed by atoms with Crippen molar-refractivity contribution in [2.75, 3.05) is 12.0 Å². The number of hydrogen-bond donors (Lipinski definition) is 1. The lowest BCUT2D eigenvalue weighted by Gasteiger charge is -2.13. The van der Waals surface area contributed by atoms with Gasteiger partial charge in [0.15, 0.2) is 6.73 Å². The largest absolute Gasteiger partial charge is 0.473 e. The van der Waals surface area contributed by atoms with Crippen LogP contribution in [0.4, 0.5) is 11.4 Å². The Hall–Kier alpha value is -2.00. The maximum absolute atomic E-state index is 5.82. The van der Waals surface area contributed by atoms with E-state index in [4.69, 9.17) is 16.3 Å². The van der Waals surface area contributed by atoms with Gasteiger partial charge in [-0.2, -0.15) is 0 Å². The highest BCUT2D eigenvalue weighted by atomic mass is 35.5. The SMILES string of the molecule is C=Nc1cc(C)c(C)cc1NCOc1ccc(Cl)cc1. The number of hydrogen-bond acceptors (Lipinski definition) is 3. The Morgan fingerprint density at radius 3 is 2.45 bits per heavy atom. The Morgan fingerprint density at radius 2 is 1.80 bits per heavy atom. The molecule has 0 unspecified atom stereocenters. The lowest BCUT2D eigenvalue weighted by atomic mass is 10.1. The van der Waals surface area contributed by atoms with E-state index in [9.17, 15) is 0 Å². The molecular weight excluding hydrogens is 272 g/mol. The minimum atomic E-state index is 0.354. The van der Waals surface area contributed by atoms with E-state index in [-0.39, 0.29) is 0 Å². The van der Waals surface area contributed by atoms with Crippen molar-refractivity contribution in [1.82, 2.24) is 0 Å². The van der Waals surface area contributed by atoms with E-state index in [1.54, 1.807) is 12.1 Å². The smallest absolute Gasteiger partial charge is 0.159 e. The second kappa shape index (κ2) is 6.44. The highest BCUT2D eigenvalue weighted by Gasteiger charge is 2.04. The summed E-state index contributed by atoms with van der Waals surface area (Å²) in [6.07, 6.45) is 0. The number of anilines is 1. The van der Waals surface area contributed by atoms with Crippen LogP contribution in [0.1, 0.15) is 11.1 Å². The fourth-order valence-corrected chi connectivity index (χ4v) is 1.93. The standard InChI is InChI=1S/C16H17ClN2O/c1-11-8-15(18-3)16(9-12(11)2)19-10-20-14-6-4-13(17)5-7-14/h4-9,19H,3,10H2,1-2H3. The normalized spacial score (nSPS) is 10.2. The average Bonchev–Trinajstić information content (AvgIpc) is 2.44. The van der Waals surface area contributed by atoms with E-state index < -0.39 is 0 Å². The summed E-state index contributed by atoms with van der Waals surface area (Å²) in [4.78, 5) is 4.02. The van der Waals surface area contributed by atoms with E-state index in [0.717, 1.165) is 17.1 Å². The van der Waals surface area contributed by atoms with Crippen molar-refractivity contribution < 1.29 is 4.74 Å². The van der Waals surface area contributed by atoms with Crippen LogP contribution in [0.25, 0.3) is 0 Å². The number of aryl methyl sites for hydroxylation is 2. The van der Waals surface area contributed by atoms with Gasteiger partial charge < -0.3 is 10.1 Å². The average molecular weight is 289 g/mol. The van der Waals surface area contributed by atoms with Crippen LogP contribution >= 0.6 is 11.6 Å². The van der Waals surface area contributed by atoms with Crippen molar-refractivity contribution in [3.8, 4) is 5.75 Å². The fourth-order valence-electron chi connectivity index (χ4n) is 1.80. The number of benzene rings is 2. The van der Waals surface area contributed by atoms with Crippen molar-refractivity contribution in [3.05, 3.63) is 52.5 Å². The zero-order chi connectivity index (χ0) is 14.5. The molecule has 0 aliphatic heterocycles. The second-order valence-corrected chi connectivity index (χ2v) is 4.97. The molecule has 0 amide bonds. The molecule has 0 heterocycles. The number of rotatable bonds is 5. The summed E-state index contributed by atoms with van der Waals surface area (Å²) in [6, 6.07) is 11.3. The summed E-state index contributed by atoms with van der Waals surface area (Å²) in [5.74, 6) is 0.763. The molecule has 0 fully saturated rings. The van der Waals surface area contributed by atoms with Gasteiger partial charge in [0, 0.05) is 5.02 Å². The third-order valence-electron chi connectivity index (χ3n) is 3.10. The molecule has 4 heteroatoms. The number of nitrogens with one attached hydrogen (secondary N) is 1. The molecule has 0 saturated carbocycles. The van der Waals surface area contributed by atoms with Gasteiger partial charge in [0.2, 0.25) is 0 Å². The lowest BCUT2D eigenvalue weighted by Crippen LogP contribution is -2.09. The first-order valence-electron chi connectivity index (χ1n) is 6.30. The van der Waals surface area contributed by atoms with Gasteiger partial charge in [-0.05, 0) is 68.1 Å². The van der Waals surface area contributed by atoms with E-state index in [2.05, 4.69) is 30.9 Å². The summed E-state index contributed by atoms with van der Waals surface area (Å²) >= 11 is 5.82. The minimum Gasteiger partial charge on any atom is -0.473 e. The molecule has 0 saturated heterocycles. The number of ether oxygens (including phenoxy) is 1. The molecular formula is C16H17ClN2O. The van der Waals surface area contributed by atoms with E-state index in [0.29, 0.717) is 11.8 Å². The monoisotopic (exact) mass is 288 g/mol. The molecule has 0 spiro atoms. The first-order chi connectivity index (χ1) is 9.60. The molecule has 2 aromatic rings. The maximum atomic E-state index is 5.82. The third-order valence-corrected chi connectivity index (χ3v) is 3.35. The zero-order valence-corrected chi connectivity index (χ0v) is 12.4. The summed E-state index contributed by atoms with van der Waals surface area (Å²) < 4.78 is 5.60. The first kappa shape index (κ1) is 14.4. The topological polar surface area (TPSA) is 33.6 Å². The molecule has 2 aromatic carbocycles. The Balaban J connectivity index is 2.02. The Morgan fingerprint density at radius 1 is 1.15 bits per heavy atom. The van der Waals surface area contributed by atoms with Crippen LogP contribution in [-0.2, 0) is 0 Å². The molecule has 0 aliphatic carbocycles. The third kappa shape index (κ3) is 3.52. The van der Waals surface area contributed by atoms with Gasteiger partial charge in [-0.1, -0.05) is 11.6 Å². The zero-order valence-electron chi connectivity index (χ0n) is 11.6. The van der Waals surface area contributed by atoms with Crippen LogP contribution in [0.2, 0.25) is 5.02 Å². The summed E-state index contributed by atoms with van der Waals surface area (Å²) in [7, 11) is 0. The highest BCUT2D eigenvalue weighted by molar-refractivity contribution is 6.30. The first-order valence-corrected chi connectivity index (χ1v) is 6.68. The molecule has 3 nitrogen and oxygen atoms in total.